The molecule has 25 heavy (non-hydrogen) atoms. The molecule has 2 saturated heterocycles. The molecule has 2 aliphatic rings. The van der Waals surface area contributed by atoms with Gasteiger partial charge in [-0.2, -0.15) is 4.31 Å². The first kappa shape index (κ1) is 16.3. The number of furan rings is 1. The molecule has 0 atom stereocenters. The number of oxazole rings is 1. The second-order valence-corrected chi connectivity index (χ2v) is 8.11. The standard InChI is InChI=1S/C15H17N3O6S/c19-15(13-14(24-10-16-13)12-2-1-5-23-12)17-8-11(9-17)25(20,21)18-3-6-22-7-4-18/h1-2,5,10-11H,3-4,6-9H2. The van der Waals surface area contributed by atoms with Crippen LogP contribution in [0.5, 0.6) is 0 Å². The number of amides is 1. The van der Waals surface area contributed by atoms with Gasteiger partial charge in [-0.05, 0) is 12.1 Å². The Hall–Kier alpha value is -2.17. The topological polar surface area (TPSA) is 106 Å². The number of likely N-dealkylation sites (tertiary alicyclic amines) is 1. The second-order valence-electron chi connectivity index (χ2n) is 5.90. The minimum atomic E-state index is -3.42. The van der Waals surface area contributed by atoms with Crippen LogP contribution in [0.25, 0.3) is 11.5 Å². The normalized spacial score (nSPS) is 19.8. The van der Waals surface area contributed by atoms with Crippen molar-refractivity contribution in [2.45, 2.75) is 5.25 Å². The lowest BCUT2D eigenvalue weighted by atomic mass is 10.1. The molecule has 0 bridgehead atoms. The van der Waals surface area contributed by atoms with Crippen molar-refractivity contribution in [3.63, 3.8) is 0 Å². The van der Waals surface area contributed by atoms with Crippen LogP contribution in [0.1, 0.15) is 10.5 Å². The molecule has 0 N–H and O–H groups in total. The predicted octanol–water partition coefficient (Wildman–Crippen LogP) is 0.421. The predicted molar refractivity (Wildman–Crippen MR) is 85.2 cm³/mol. The first-order valence-electron chi connectivity index (χ1n) is 7.90. The molecule has 4 rings (SSSR count). The third-order valence-electron chi connectivity index (χ3n) is 4.40. The summed E-state index contributed by atoms with van der Waals surface area (Å²) >= 11 is 0. The zero-order valence-electron chi connectivity index (χ0n) is 13.3. The molecule has 0 unspecified atom stereocenters. The number of nitrogens with zero attached hydrogens (tertiary/aromatic N) is 3. The molecule has 9 nitrogen and oxygen atoms in total. The van der Waals surface area contributed by atoms with Gasteiger partial charge in [0.05, 0.1) is 19.5 Å². The Labute approximate surface area is 144 Å². The fourth-order valence-corrected chi connectivity index (χ4v) is 4.75. The summed E-state index contributed by atoms with van der Waals surface area (Å²) in [5.41, 5.74) is 0.122. The fourth-order valence-electron chi connectivity index (χ4n) is 2.94. The van der Waals surface area contributed by atoms with Gasteiger partial charge in [0.1, 0.15) is 5.25 Å². The van der Waals surface area contributed by atoms with Crippen LogP contribution in [-0.4, -0.2) is 73.2 Å². The molecule has 2 fully saturated rings. The number of rotatable bonds is 4. The second kappa shape index (κ2) is 6.28. The van der Waals surface area contributed by atoms with Gasteiger partial charge in [0.2, 0.25) is 15.8 Å². The molecule has 0 aromatic carbocycles. The molecular formula is C15H17N3O6S. The molecule has 0 spiro atoms. The van der Waals surface area contributed by atoms with Crippen LogP contribution in [0.15, 0.2) is 33.6 Å². The Bertz CT molecular complexity index is 848. The van der Waals surface area contributed by atoms with Crippen LogP contribution in [0.3, 0.4) is 0 Å². The Balaban J connectivity index is 1.44. The maximum Gasteiger partial charge on any atom is 0.276 e. The zero-order chi connectivity index (χ0) is 17.4. The number of carbonyl (C=O) groups excluding carboxylic acids is 1. The quantitative estimate of drug-likeness (QED) is 0.771. The number of sulfonamides is 1. The summed E-state index contributed by atoms with van der Waals surface area (Å²) in [7, 11) is -3.42. The van der Waals surface area contributed by atoms with Gasteiger partial charge >= 0.3 is 0 Å². The molecule has 2 aliphatic heterocycles. The molecule has 0 saturated carbocycles. The van der Waals surface area contributed by atoms with Gasteiger partial charge < -0.3 is 18.5 Å². The van der Waals surface area contributed by atoms with Gasteiger partial charge in [-0.3, -0.25) is 4.79 Å². The van der Waals surface area contributed by atoms with E-state index in [1.807, 2.05) is 0 Å². The Morgan fingerprint density at radius 1 is 1.20 bits per heavy atom. The molecule has 134 valence electrons. The van der Waals surface area contributed by atoms with Gasteiger partial charge in [-0.25, -0.2) is 13.4 Å². The Morgan fingerprint density at radius 3 is 2.64 bits per heavy atom. The summed E-state index contributed by atoms with van der Waals surface area (Å²) in [6.45, 7) is 1.81. The van der Waals surface area contributed by atoms with E-state index in [4.69, 9.17) is 13.6 Å². The van der Waals surface area contributed by atoms with E-state index in [0.717, 1.165) is 0 Å². The molecule has 2 aromatic heterocycles. The molecule has 4 heterocycles. The van der Waals surface area contributed by atoms with Crippen LogP contribution in [0, 0.1) is 0 Å². The van der Waals surface area contributed by atoms with Crippen molar-refractivity contribution >= 4 is 15.9 Å². The van der Waals surface area contributed by atoms with E-state index in [9.17, 15) is 13.2 Å². The first-order valence-corrected chi connectivity index (χ1v) is 9.41. The van der Waals surface area contributed by atoms with E-state index < -0.39 is 15.3 Å². The summed E-state index contributed by atoms with van der Waals surface area (Å²) < 4.78 is 42.2. The fraction of sp³-hybridized carbons (Fsp3) is 0.467. The average molecular weight is 367 g/mol. The molecule has 10 heteroatoms. The summed E-state index contributed by atoms with van der Waals surface area (Å²) in [5, 5.41) is -0.589. The highest BCUT2D eigenvalue weighted by molar-refractivity contribution is 7.89. The van der Waals surface area contributed by atoms with Crippen LogP contribution >= 0.6 is 0 Å². The molecule has 2 aromatic rings. The Kier molecular flexibility index (Phi) is 4.10. The SMILES string of the molecule is O=C(c1ncoc1-c1ccco1)N1CC(S(=O)(=O)N2CCOCC2)C1. The lowest BCUT2D eigenvalue weighted by Crippen LogP contribution is -2.61. The highest BCUT2D eigenvalue weighted by atomic mass is 32.2. The van der Waals surface area contributed by atoms with Crippen molar-refractivity contribution in [2.24, 2.45) is 0 Å². The minimum absolute atomic E-state index is 0.122. The number of hydrogen-bond acceptors (Lipinski definition) is 7. The summed E-state index contributed by atoms with van der Waals surface area (Å²) in [5.74, 6) is 0.280. The van der Waals surface area contributed by atoms with Crippen molar-refractivity contribution in [3.05, 3.63) is 30.5 Å². The maximum atomic E-state index is 12.6. The van der Waals surface area contributed by atoms with E-state index in [1.54, 1.807) is 12.1 Å². The van der Waals surface area contributed by atoms with Crippen LogP contribution in [0.2, 0.25) is 0 Å². The van der Waals surface area contributed by atoms with Crippen LogP contribution < -0.4 is 0 Å². The number of ether oxygens (including phenoxy) is 1. The Morgan fingerprint density at radius 2 is 1.96 bits per heavy atom. The number of carbonyl (C=O) groups is 1. The molecular weight excluding hydrogens is 350 g/mol. The first-order chi connectivity index (χ1) is 12.1. The van der Waals surface area contributed by atoms with Crippen LogP contribution in [0.4, 0.5) is 0 Å². The van der Waals surface area contributed by atoms with E-state index in [-0.39, 0.29) is 30.5 Å². The monoisotopic (exact) mass is 367 g/mol. The van der Waals surface area contributed by atoms with Gasteiger partial charge in [0.15, 0.2) is 17.8 Å². The number of hydrogen-bond donors (Lipinski definition) is 0. The largest absolute Gasteiger partial charge is 0.461 e. The summed E-state index contributed by atoms with van der Waals surface area (Å²) in [6.07, 6.45) is 2.65. The van der Waals surface area contributed by atoms with E-state index >= 15 is 0 Å². The maximum absolute atomic E-state index is 12.6. The average Bonchev–Trinajstić information content (AvgIpc) is 3.25. The zero-order valence-corrected chi connectivity index (χ0v) is 14.1. The molecule has 0 radical (unpaired) electrons. The van der Waals surface area contributed by atoms with Crippen molar-refractivity contribution in [1.82, 2.24) is 14.2 Å². The lowest BCUT2D eigenvalue weighted by molar-refractivity contribution is 0.0613. The number of morpholine rings is 1. The van der Waals surface area contributed by atoms with Gasteiger partial charge in [-0.15, -0.1) is 0 Å². The number of aromatic nitrogens is 1. The summed E-state index contributed by atoms with van der Waals surface area (Å²) in [4.78, 5) is 18.0. The van der Waals surface area contributed by atoms with E-state index in [0.29, 0.717) is 32.1 Å². The highest BCUT2D eigenvalue weighted by Gasteiger charge is 2.44. The van der Waals surface area contributed by atoms with Crippen LogP contribution in [-0.2, 0) is 14.8 Å². The van der Waals surface area contributed by atoms with Crippen molar-refractivity contribution in [2.75, 3.05) is 39.4 Å². The minimum Gasteiger partial charge on any atom is -0.461 e. The van der Waals surface area contributed by atoms with Crippen molar-refractivity contribution < 1.29 is 26.8 Å². The van der Waals surface area contributed by atoms with Gasteiger partial charge in [0.25, 0.3) is 5.91 Å². The third-order valence-corrected chi connectivity index (χ3v) is 6.63. The highest BCUT2D eigenvalue weighted by Crippen LogP contribution is 2.27. The van der Waals surface area contributed by atoms with E-state index in [2.05, 4.69) is 4.98 Å². The summed E-state index contributed by atoms with van der Waals surface area (Å²) in [6, 6.07) is 3.35. The van der Waals surface area contributed by atoms with Gasteiger partial charge in [0, 0.05) is 26.2 Å². The lowest BCUT2D eigenvalue weighted by Gasteiger charge is -2.41. The molecule has 0 aliphatic carbocycles. The van der Waals surface area contributed by atoms with E-state index in [1.165, 1.54) is 21.9 Å². The van der Waals surface area contributed by atoms with Crippen molar-refractivity contribution in [3.8, 4) is 11.5 Å². The smallest absolute Gasteiger partial charge is 0.276 e. The van der Waals surface area contributed by atoms with Gasteiger partial charge in [-0.1, -0.05) is 0 Å². The molecule has 1 amide bonds. The third kappa shape index (κ3) is 2.86. The van der Waals surface area contributed by atoms with Crippen molar-refractivity contribution in [1.29, 1.82) is 0 Å².